The largest absolute Gasteiger partial charge is 0.444 e. The minimum atomic E-state index is -0.479. The van der Waals surface area contributed by atoms with E-state index < -0.39 is 5.60 Å². The van der Waals surface area contributed by atoms with Crippen molar-refractivity contribution >= 4 is 23.2 Å². The van der Waals surface area contributed by atoms with Crippen molar-refractivity contribution < 1.29 is 13.9 Å². The van der Waals surface area contributed by atoms with Gasteiger partial charge in [0, 0.05) is 13.1 Å². The minimum absolute atomic E-state index is 0.0867. The predicted octanol–water partition coefficient (Wildman–Crippen LogP) is 4.03. The van der Waals surface area contributed by atoms with Crippen molar-refractivity contribution in [3.63, 3.8) is 0 Å². The number of rotatable bonds is 3. The van der Waals surface area contributed by atoms with Gasteiger partial charge < -0.3 is 19.4 Å². The van der Waals surface area contributed by atoms with E-state index in [4.69, 9.17) is 9.15 Å². The quantitative estimate of drug-likeness (QED) is 0.919. The molecule has 6 nitrogen and oxygen atoms in total. The van der Waals surface area contributed by atoms with Crippen molar-refractivity contribution in [2.24, 2.45) is 0 Å². The SMILES string of the molecule is CC(C)(C)OC(=O)N1CCCCC1CNc1nc2ccccc2o1. The fraction of sp³-hybridized carbons (Fsp3) is 0.556. The van der Waals surface area contributed by atoms with E-state index in [1.54, 1.807) is 0 Å². The molecular weight excluding hydrogens is 306 g/mol. The first kappa shape index (κ1) is 16.6. The fourth-order valence-corrected chi connectivity index (χ4v) is 2.93. The Labute approximate surface area is 142 Å². The molecule has 6 heteroatoms. The first-order valence-corrected chi connectivity index (χ1v) is 8.51. The molecule has 0 spiro atoms. The second-order valence-corrected chi connectivity index (χ2v) is 7.19. The number of fused-ring (bicyclic) bond motifs is 1. The lowest BCUT2D eigenvalue weighted by molar-refractivity contribution is 0.0113. The number of nitrogens with one attached hydrogen (secondary N) is 1. The number of carbonyl (C=O) groups is 1. The molecular formula is C18H25N3O3. The second-order valence-electron chi connectivity index (χ2n) is 7.19. The molecule has 0 radical (unpaired) electrons. The predicted molar refractivity (Wildman–Crippen MR) is 93.1 cm³/mol. The standard InChI is InChI=1S/C18H25N3O3/c1-18(2,3)24-17(22)21-11-7-6-8-13(21)12-19-16-20-14-9-4-5-10-15(14)23-16/h4-5,9-10,13H,6-8,11-12H2,1-3H3,(H,19,20). The number of para-hydroxylation sites is 2. The van der Waals surface area contributed by atoms with E-state index >= 15 is 0 Å². The molecule has 2 aromatic rings. The van der Waals surface area contributed by atoms with Gasteiger partial charge in [-0.2, -0.15) is 4.98 Å². The number of carbonyl (C=O) groups excluding carboxylic acids is 1. The van der Waals surface area contributed by atoms with Crippen molar-refractivity contribution in [2.45, 2.75) is 51.7 Å². The summed E-state index contributed by atoms with van der Waals surface area (Å²) in [5, 5.41) is 3.22. The monoisotopic (exact) mass is 331 g/mol. The van der Waals surface area contributed by atoms with Crippen LogP contribution in [0.4, 0.5) is 10.8 Å². The molecule has 0 aliphatic carbocycles. The van der Waals surface area contributed by atoms with Gasteiger partial charge in [0.15, 0.2) is 5.58 Å². The number of hydrogen-bond acceptors (Lipinski definition) is 5. The zero-order valence-corrected chi connectivity index (χ0v) is 14.5. The molecule has 0 saturated carbocycles. The van der Waals surface area contributed by atoms with E-state index in [9.17, 15) is 4.79 Å². The lowest BCUT2D eigenvalue weighted by atomic mass is 10.0. The zero-order chi connectivity index (χ0) is 17.2. The number of aromatic nitrogens is 1. The van der Waals surface area contributed by atoms with Gasteiger partial charge in [0.1, 0.15) is 11.1 Å². The molecule has 1 atom stereocenters. The molecule has 130 valence electrons. The van der Waals surface area contributed by atoms with Gasteiger partial charge in [0.05, 0.1) is 6.04 Å². The highest BCUT2D eigenvalue weighted by molar-refractivity contribution is 5.74. The van der Waals surface area contributed by atoms with Crippen LogP contribution in [-0.4, -0.2) is 40.7 Å². The van der Waals surface area contributed by atoms with Gasteiger partial charge in [-0.15, -0.1) is 0 Å². The Morgan fingerprint density at radius 3 is 2.92 bits per heavy atom. The molecule has 3 rings (SSSR count). The van der Waals surface area contributed by atoms with Crippen molar-refractivity contribution in [1.82, 2.24) is 9.88 Å². The average Bonchev–Trinajstić information content (AvgIpc) is 2.94. The number of anilines is 1. The summed E-state index contributed by atoms with van der Waals surface area (Å²) in [6, 6.07) is 8.23. The number of piperidine rings is 1. The summed E-state index contributed by atoms with van der Waals surface area (Å²) >= 11 is 0. The van der Waals surface area contributed by atoms with Gasteiger partial charge in [-0.05, 0) is 52.2 Å². The van der Waals surface area contributed by atoms with Crippen molar-refractivity contribution in [3.05, 3.63) is 24.3 Å². The van der Waals surface area contributed by atoms with Crippen LogP contribution in [0.25, 0.3) is 11.1 Å². The van der Waals surface area contributed by atoms with Gasteiger partial charge in [0.25, 0.3) is 6.01 Å². The van der Waals surface area contributed by atoms with E-state index in [2.05, 4.69) is 10.3 Å². The molecule has 1 N–H and O–H groups in total. The maximum Gasteiger partial charge on any atom is 0.410 e. The molecule has 1 aromatic carbocycles. The molecule has 1 aliphatic rings. The molecule has 1 unspecified atom stereocenters. The van der Waals surface area contributed by atoms with Gasteiger partial charge >= 0.3 is 6.09 Å². The number of likely N-dealkylation sites (tertiary alicyclic amines) is 1. The molecule has 1 fully saturated rings. The summed E-state index contributed by atoms with van der Waals surface area (Å²) in [4.78, 5) is 18.7. The maximum absolute atomic E-state index is 12.4. The molecule has 1 saturated heterocycles. The topological polar surface area (TPSA) is 67.6 Å². The molecule has 1 aromatic heterocycles. The summed E-state index contributed by atoms with van der Waals surface area (Å²) < 4.78 is 11.2. The molecule has 1 amide bonds. The zero-order valence-electron chi connectivity index (χ0n) is 14.5. The van der Waals surface area contributed by atoms with Crippen LogP contribution in [-0.2, 0) is 4.74 Å². The highest BCUT2D eigenvalue weighted by Gasteiger charge is 2.30. The number of benzene rings is 1. The highest BCUT2D eigenvalue weighted by atomic mass is 16.6. The minimum Gasteiger partial charge on any atom is -0.444 e. The first-order valence-electron chi connectivity index (χ1n) is 8.51. The molecule has 1 aliphatic heterocycles. The molecule has 0 bridgehead atoms. The average molecular weight is 331 g/mol. The number of ether oxygens (including phenoxy) is 1. The van der Waals surface area contributed by atoms with Gasteiger partial charge in [-0.25, -0.2) is 4.79 Å². The van der Waals surface area contributed by atoms with Crippen molar-refractivity contribution in [2.75, 3.05) is 18.4 Å². The van der Waals surface area contributed by atoms with Crippen LogP contribution >= 0.6 is 0 Å². The van der Waals surface area contributed by atoms with Crippen LogP contribution in [0.2, 0.25) is 0 Å². The summed E-state index contributed by atoms with van der Waals surface area (Å²) in [6.07, 6.45) is 2.83. The Morgan fingerprint density at radius 2 is 2.17 bits per heavy atom. The fourth-order valence-electron chi connectivity index (χ4n) is 2.93. The summed E-state index contributed by atoms with van der Waals surface area (Å²) in [5.41, 5.74) is 1.10. The normalized spacial score (nSPS) is 18.6. The second kappa shape index (κ2) is 6.71. The van der Waals surface area contributed by atoms with Gasteiger partial charge in [-0.1, -0.05) is 12.1 Å². The van der Waals surface area contributed by atoms with E-state index in [1.165, 1.54) is 0 Å². The van der Waals surface area contributed by atoms with E-state index in [0.29, 0.717) is 12.6 Å². The number of oxazole rings is 1. The van der Waals surface area contributed by atoms with E-state index in [1.807, 2.05) is 49.9 Å². The Balaban J connectivity index is 1.64. The number of hydrogen-bond donors (Lipinski definition) is 1. The highest BCUT2D eigenvalue weighted by Crippen LogP contribution is 2.22. The maximum atomic E-state index is 12.4. The Bertz CT molecular complexity index is 672. The van der Waals surface area contributed by atoms with Crippen molar-refractivity contribution in [1.29, 1.82) is 0 Å². The molecule has 24 heavy (non-hydrogen) atoms. The van der Waals surface area contributed by atoms with Crippen molar-refractivity contribution in [3.8, 4) is 0 Å². The third kappa shape index (κ3) is 3.99. The van der Waals surface area contributed by atoms with Crippen LogP contribution in [0.5, 0.6) is 0 Å². The van der Waals surface area contributed by atoms with Crippen LogP contribution in [0.1, 0.15) is 40.0 Å². The molecule has 2 heterocycles. The smallest absolute Gasteiger partial charge is 0.410 e. The number of nitrogens with zero attached hydrogens (tertiary/aromatic N) is 2. The Morgan fingerprint density at radius 1 is 1.38 bits per heavy atom. The van der Waals surface area contributed by atoms with Crippen LogP contribution in [0.15, 0.2) is 28.7 Å². The third-order valence-corrected chi connectivity index (χ3v) is 4.04. The van der Waals surface area contributed by atoms with Gasteiger partial charge in [-0.3, -0.25) is 0 Å². The van der Waals surface area contributed by atoms with Crippen LogP contribution in [0.3, 0.4) is 0 Å². The first-order chi connectivity index (χ1) is 11.4. The summed E-state index contributed by atoms with van der Waals surface area (Å²) in [6.45, 7) is 7.00. The third-order valence-electron chi connectivity index (χ3n) is 4.04. The van der Waals surface area contributed by atoms with Crippen LogP contribution < -0.4 is 5.32 Å². The number of amides is 1. The Hall–Kier alpha value is -2.24. The van der Waals surface area contributed by atoms with Crippen LogP contribution in [0, 0.1) is 0 Å². The Kier molecular flexibility index (Phi) is 4.64. The summed E-state index contributed by atoms with van der Waals surface area (Å²) in [7, 11) is 0. The lowest BCUT2D eigenvalue weighted by Crippen LogP contribution is -2.48. The van der Waals surface area contributed by atoms with E-state index in [-0.39, 0.29) is 12.1 Å². The van der Waals surface area contributed by atoms with E-state index in [0.717, 1.165) is 36.9 Å². The van der Waals surface area contributed by atoms with Gasteiger partial charge in [0.2, 0.25) is 0 Å². The summed E-state index contributed by atoms with van der Waals surface area (Å²) in [5.74, 6) is 0. The lowest BCUT2D eigenvalue weighted by Gasteiger charge is -2.36.